The molecule has 0 aliphatic carbocycles. The van der Waals surface area contributed by atoms with E-state index in [0.29, 0.717) is 32.7 Å². The van der Waals surface area contributed by atoms with Gasteiger partial charge in [-0.2, -0.15) is 5.26 Å². The summed E-state index contributed by atoms with van der Waals surface area (Å²) in [5.74, 6) is 0.221. The molecule has 0 bridgehead atoms. The van der Waals surface area contributed by atoms with Gasteiger partial charge in [-0.15, -0.1) is 23.1 Å². The molecule has 0 spiro atoms. The quantitative estimate of drug-likeness (QED) is 0.176. The number of hydrogen-bond acceptors (Lipinski definition) is 8. The molecule has 0 atom stereocenters. The van der Waals surface area contributed by atoms with Gasteiger partial charge in [0.2, 0.25) is 5.91 Å². The van der Waals surface area contributed by atoms with Gasteiger partial charge in [0.25, 0.3) is 5.69 Å². The Kier molecular flexibility index (Phi) is 7.50. The van der Waals surface area contributed by atoms with Crippen molar-refractivity contribution in [2.75, 3.05) is 11.1 Å². The number of aryl methyl sites for hydroxylation is 1. The van der Waals surface area contributed by atoms with Gasteiger partial charge in [0, 0.05) is 40.8 Å². The van der Waals surface area contributed by atoms with Crippen molar-refractivity contribution in [2.24, 2.45) is 0 Å². The molecule has 0 radical (unpaired) electrons. The molecule has 0 saturated carbocycles. The number of amides is 1. The van der Waals surface area contributed by atoms with Gasteiger partial charge in [-0.25, -0.2) is 9.97 Å². The van der Waals surface area contributed by atoms with E-state index in [4.69, 9.17) is 0 Å². The maximum atomic E-state index is 12.4. The van der Waals surface area contributed by atoms with Gasteiger partial charge in [0.1, 0.15) is 11.1 Å². The largest absolute Gasteiger partial charge is 0.302 e. The molecule has 2 aromatic heterocycles. The van der Waals surface area contributed by atoms with Gasteiger partial charge < -0.3 is 5.32 Å². The zero-order chi connectivity index (χ0) is 24.8. The SMILES string of the molecule is Cc1ccc(-c2ccc(C#N)c(SCCC(=O)Nc3nc(-c4cccc([N+](=O)[O-])c4)cs3)n2)cc1. The first-order chi connectivity index (χ1) is 16.9. The smallest absolute Gasteiger partial charge is 0.270 e. The average Bonchev–Trinajstić information content (AvgIpc) is 3.33. The summed E-state index contributed by atoms with van der Waals surface area (Å²) in [6.07, 6.45) is 0.206. The van der Waals surface area contributed by atoms with Gasteiger partial charge in [-0.05, 0) is 19.1 Å². The van der Waals surface area contributed by atoms with E-state index in [-0.39, 0.29) is 18.0 Å². The van der Waals surface area contributed by atoms with Crippen LogP contribution in [-0.2, 0) is 4.79 Å². The zero-order valence-electron chi connectivity index (χ0n) is 18.6. The number of carbonyl (C=O) groups is 1. The van der Waals surface area contributed by atoms with Crippen molar-refractivity contribution >= 4 is 39.8 Å². The van der Waals surface area contributed by atoms with Crippen LogP contribution >= 0.6 is 23.1 Å². The third-order valence-corrected chi connectivity index (χ3v) is 6.75. The van der Waals surface area contributed by atoms with Gasteiger partial charge in [0.05, 0.1) is 21.9 Å². The second-order valence-electron chi connectivity index (χ2n) is 7.52. The normalized spacial score (nSPS) is 10.5. The highest BCUT2D eigenvalue weighted by atomic mass is 32.2. The Balaban J connectivity index is 1.36. The first kappa shape index (κ1) is 24.1. The maximum absolute atomic E-state index is 12.4. The molecule has 35 heavy (non-hydrogen) atoms. The fraction of sp³-hybridized carbons (Fsp3) is 0.120. The van der Waals surface area contributed by atoms with E-state index in [0.717, 1.165) is 16.8 Å². The molecule has 0 saturated heterocycles. The molecule has 2 aromatic carbocycles. The summed E-state index contributed by atoms with van der Waals surface area (Å²) >= 11 is 2.60. The average molecular weight is 502 g/mol. The molecule has 0 aliphatic heterocycles. The van der Waals surface area contributed by atoms with Crippen LogP contribution in [0, 0.1) is 28.4 Å². The molecule has 0 unspecified atom stereocenters. The van der Waals surface area contributed by atoms with Crippen LogP contribution < -0.4 is 5.32 Å². The molecular weight excluding hydrogens is 482 g/mol. The highest BCUT2D eigenvalue weighted by molar-refractivity contribution is 7.99. The van der Waals surface area contributed by atoms with E-state index in [2.05, 4.69) is 21.4 Å². The number of aromatic nitrogens is 2. The van der Waals surface area contributed by atoms with Crippen molar-refractivity contribution in [3.63, 3.8) is 0 Å². The summed E-state index contributed by atoms with van der Waals surface area (Å²) in [7, 11) is 0. The number of thiazole rings is 1. The van der Waals surface area contributed by atoms with E-state index in [1.807, 2.05) is 37.3 Å². The van der Waals surface area contributed by atoms with Crippen LogP contribution in [0.3, 0.4) is 0 Å². The molecule has 2 heterocycles. The number of carbonyl (C=O) groups excluding carboxylic acids is 1. The van der Waals surface area contributed by atoms with Crippen LogP contribution in [0.25, 0.3) is 22.5 Å². The molecule has 0 fully saturated rings. The lowest BCUT2D eigenvalue weighted by Gasteiger charge is -2.07. The van der Waals surface area contributed by atoms with Crippen molar-refractivity contribution in [3.05, 3.63) is 87.3 Å². The summed E-state index contributed by atoms with van der Waals surface area (Å²) < 4.78 is 0. The maximum Gasteiger partial charge on any atom is 0.270 e. The van der Waals surface area contributed by atoms with Crippen molar-refractivity contribution < 1.29 is 9.72 Å². The Morgan fingerprint density at radius 1 is 1.11 bits per heavy atom. The lowest BCUT2D eigenvalue weighted by atomic mass is 10.1. The summed E-state index contributed by atoms with van der Waals surface area (Å²) in [6, 6.07) is 19.9. The number of rotatable bonds is 8. The predicted molar refractivity (Wildman–Crippen MR) is 137 cm³/mol. The predicted octanol–water partition coefficient (Wildman–Crippen LogP) is 6.08. The van der Waals surface area contributed by atoms with Crippen LogP contribution in [-0.4, -0.2) is 26.6 Å². The summed E-state index contributed by atoms with van der Waals surface area (Å²) in [5, 5.41) is 25.9. The van der Waals surface area contributed by atoms with Crippen molar-refractivity contribution in [1.29, 1.82) is 5.26 Å². The number of benzene rings is 2. The second kappa shape index (κ2) is 10.9. The Hall–Kier alpha value is -4.07. The standard InChI is InChI=1S/C25H19N5O3S2/c1-16-5-7-17(8-6-16)21-10-9-19(14-26)24(27-21)34-12-11-23(31)29-25-28-22(15-35-25)18-3-2-4-20(13-18)30(32)33/h2-10,13,15H,11-12H2,1H3,(H,28,29,31). The number of anilines is 1. The van der Waals surface area contributed by atoms with Crippen molar-refractivity contribution in [2.45, 2.75) is 18.4 Å². The third-order valence-electron chi connectivity index (χ3n) is 5.00. The van der Waals surface area contributed by atoms with Crippen LogP contribution in [0.15, 0.2) is 71.1 Å². The minimum absolute atomic E-state index is 0.0186. The number of nitriles is 1. The van der Waals surface area contributed by atoms with E-state index in [1.165, 1.54) is 35.2 Å². The number of pyridine rings is 1. The minimum atomic E-state index is -0.459. The molecule has 0 aliphatic rings. The Morgan fingerprint density at radius 3 is 2.66 bits per heavy atom. The molecule has 4 aromatic rings. The monoisotopic (exact) mass is 501 g/mol. The molecule has 8 nitrogen and oxygen atoms in total. The molecule has 4 rings (SSSR count). The lowest BCUT2D eigenvalue weighted by molar-refractivity contribution is -0.384. The summed E-state index contributed by atoms with van der Waals surface area (Å²) in [6.45, 7) is 2.02. The number of hydrogen-bond donors (Lipinski definition) is 1. The van der Waals surface area contributed by atoms with Crippen LogP contribution in [0.1, 0.15) is 17.5 Å². The Bertz CT molecular complexity index is 1430. The fourth-order valence-corrected chi connectivity index (χ4v) is 4.83. The minimum Gasteiger partial charge on any atom is -0.302 e. The van der Waals surface area contributed by atoms with E-state index in [1.54, 1.807) is 23.6 Å². The topological polar surface area (TPSA) is 122 Å². The van der Waals surface area contributed by atoms with Gasteiger partial charge in [-0.3, -0.25) is 14.9 Å². The highest BCUT2D eigenvalue weighted by Gasteiger charge is 2.13. The Labute approximate surface area is 209 Å². The molecular formula is C25H19N5O3S2. The van der Waals surface area contributed by atoms with Crippen molar-refractivity contribution in [1.82, 2.24) is 9.97 Å². The first-order valence-corrected chi connectivity index (χ1v) is 12.4. The second-order valence-corrected chi connectivity index (χ2v) is 9.46. The van der Waals surface area contributed by atoms with Gasteiger partial charge >= 0.3 is 0 Å². The first-order valence-electron chi connectivity index (χ1n) is 10.5. The third kappa shape index (κ3) is 6.09. The van der Waals surface area contributed by atoms with E-state index >= 15 is 0 Å². The zero-order valence-corrected chi connectivity index (χ0v) is 20.2. The van der Waals surface area contributed by atoms with E-state index < -0.39 is 4.92 Å². The summed E-state index contributed by atoms with van der Waals surface area (Å²) in [4.78, 5) is 32.0. The number of nitro benzene ring substituents is 1. The van der Waals surface area contributed by atoms with Crippen molar-refractivity contribution in [3.8, 4) is 28.6 Å². The van der Waals surface area contributed by atoms with Crippen LogP contribution in [0.5, 0.6) is 0 Å². The Morgan fingerprint density at radius 2 is 1.91 bits per heavy atom. The number of thioether (sulfide) groups is 1. The number of non-ortho nitro benzene ring substituents is 1. The number of nitrogens with zero attached hydrogens (tertiary/aromatic N) is 4. The molecule has 174 valence electrons. The summed E-state index contributed by atoms with van der Waals surface area (Å²) in [5.41, 5.74) is 4.49. The van der Waals surface area contributed by atoms with Crippen LogP contribution in [0.2, 0.25) is 0 Å². The highest BCUT2D eigenvalue weighted by Crippen LogP contribution is 2.28. The lowest BCUT2D eigenvalue weighted by Crippen LogP contribution is -2.12. The fourth-order valence-electron chi connectivity index (χ4n) is 3.19. The van der Waals surface area contributed by atoms with Gasteiger partial charge in [-0.1, -0.05) is 42.0 Å². The number of nitro groups is 1. The molecule has 1 N–H and O–H groups in total. The van der Waals surface area contributed by atoms with Crippen LogP contribution in [0.4, 0.5) is 10.8 Å². The molecule has 1 amide bonds. The van der Waals surface area contributed by atoms with E-state index in [9.17, 15) is 20.2 Å². The van der Waals surface area contributed by atoms with Gasteiger partial charge in [0.15, 0.2) is 5.13 Å². The number of nitrogens with one attached hydrogen (secondary N) is 1. The molecule has 10 heteroatoms.